The monoisotopic (exact) mass is 207 g/mol. The van der Waals surface area contributed by atoms with Crippen molar-refractivity contribution >= 4 is 0 Å². The molecule has 3 heteroatoms. The molecule has 2 rings (SSSR count). The third-order valence-corrected chi connectivity index (χ3v) is 3.49. The van der Waals surface area contributed by atoms with E-state index < -0.39 is 0 Å². The maximum Gasteiger partial charge on any atom is 0.0630 e. The second-order valence-corrected chi connectivity index (χ2v) is 4.79. The van der Waals surface area contributed by atoms with Crippen molar-refractivity contribution in [3.63, 3.8) is 0 Å². The maximum atomic E-state index is 4.47. The van der Waals surface area contributed by atoms with Gasteiger partial charge in [0.2, 0.25) is 0 Å². The van der Waals surface area contributed by atoms with E-state index in [-0.39, 0.29) is 0 Å². The summed E-state index contributed by atoms with van der Waals surface area (Å²) in [4.78, 5) is 0. The highest BCUT2D eigenvalue weighted by atomic mass is 15.2. The highest BCUT2D eigenvalue weighted by Gasteiger charge is 2.36. The van der Waals surface area contributed by atoms with E-state index >= 15 is 0 Å². The van der Waals surface area contributed by atoms with E-state index in [1.54, 1.807) is 0 Å². The van der Waals surface area contributed by atoms with Gasteiger partial charge in [-0.1, -0.05) is 13.3 Å². The van der Waals surface area contributed by atoms with Crippen molar-refractivity contribution in [2.75, 3.05) is 13.1 Å². The summed E-state index contributed by atoms with van der Waals surface area (Å²) in [5.74, 6) is 0. The Morgan fingerprint density at radius 2 is 2.33 bits per heavy atom. The molecule has 15 heavy (non-hydrogen) atoms. The molecule has 0 saturated heterocycles. The topological polar surface area (TPSA) is 29.9 Å². The standard InChI is InChI=1S/C12H21N3/c1-3-13-10-12(6-4-7-12)9-11-5-8-15(2)14-11/h5,8,13H,3-4,6-7,9-10H2,1-2H3. The summed E-state index contributed by atoms with van der Waals surface area (Å²) in [6.45, 7) is 4.40. The van der Waals surface area contributed by atoms with E-state index in [1.807, 2.05) is 17.9 Å². The zero-order valence-corrected chi connectivity index (χ0v) is 9.79. The molecule has 1 aromatic heterocycles. The minimum absolute atomic E-state index is 0.504. The van der Waals surface area contributed by atoms with Crippen LogP contribution in [-0.4, -0.2) is 22.9 Å². The molecule has 1 fully saturated rings. The summed E-state index contributed by atoms with van der Waals surface area (Å²) < 4.78 is 1.90. The Hall–Kier alpha value is -0.830. The van der Waals surface area contributed by atoms with E-state index in [0.29, 0.717) is 5.41 Å². The van der Waals surface area contributed by atoms with E-state index in [1.165, 1.54) is 25.0 Å². The fraction of sp³-hybridized carbons (Fsp3) is 0.750. The molecule has 0 radical (unpaired) electrons. The number of rotatable bonds is 5. The van der Waals surface area contributed by atoms with E-state index in [2.05, 4.69) is 23.4 Å². The molecule has 1 aliphatic rings. The van der Waals surface area contributed by atoms with Crippen LogP contribution < -0.4 is 5.32 Å². The molecule has 0 bridgehead atoms. The van der Waals surface area contributed by atoms with Crippen LogP contribution in [0, 0.1) is 5.41 Å². The van der Waals surface area contributed by atoms with Gasteiger partial charge in [0.15, 0.2) is 0 Å². The molecule has 0 aromatic carbocycles. The van der Waals surface area contributed by atoms with Gasteiger partial charge < -0.3 is 5.32 Å². The molecular weight excluding hydrogens is 186 g/mol. The summed E-state index contributed by atoms with van der Waals surface area (Å²) in [7, 11) is 1.99. The molecule has 0 amide bonds. The van der Waals surface area contributed by atoms with Crippen molar-refractivity contribution in [3.8, 4) is 0 Å². The average Bonchev–Trinajstić information content (AvgIpc) is 2.56. The van der Waals surface area contributed by atoms with Crippen LogP contribution in [0.5, 0.6) is 0 Å². The van der Waals surface area contributed by atoms with Gasteiger partial charge in [-0.25, -0.2) is 0 Å². The van der Waals surface area contributed by atoms with Gasteiger partial charge in [-0.3, -0.25) is 4.68 Å². The Morgan fingerprint density at radius 1 is 1.53 bits per heavy atom. The first-order chi connectivity index (χ1) is 7.24. The fourth-order valence-corrected chi connectivity index (χ4v) is 2.42. The lowest BCUT2D eigenvalue weighted by Crippen LogP contribution is -2.41. The number of nitrogens with zero attached hydrogens (tertiary/aromatic N) is 2. The highest BCUT2D eigenvalue weighted by molar-refractivity contribution is 5.06. The number of hydrogen-bond acceptors (Lipinski definition) is 2. The van der Waals surface area contributed by atoms with Crippen LogP contribution in [0.25, 0.3) is 0 Å². The Kier molecular flexibility index (Phi) is 3.10. The van der Waals surface area contributed by atoms with Crippen LogP contribution in [0.4, 0.5) is 0 Å². The highest BCUT2D eigenvalue weighted by Crippen LogP contribution is 2.42. The SMILES string of the molecule is CCNCC1(Cc2ccn(C)n2)CCC1. The molecular formula is C12H21N3. The van der Waals surface area contributed by atoms with E-state index in [9.17, 15) is 0 Å². The first-order valence-corrected chi connectivity index (χ1v) is 5.93. The van der Waals surface area contributed by atoms with Gasteiger partial charge >= 0.3 is 0 Å². The smallest absolute Gasteiger partial charge is 0.0630 e. The predicted octanol–water partition coefficient (Wildman–Crippen LogP) is 1.74. The van der Waals surface area contributed by atoms with Crippen molar-refractivity contribution in [2.45, 2.75) is 32.6 Å². The molecule has 1 aromatic rings. The normalized spacial score (nSPS) is 18.8. The van der Waals surface area contributed by atoms with Crippen molar-refractivity contribution in [1.82, 2.24) is 15.1 Å². The van der Waals surface area contributed by atoms with Gasteiger partial charge in [-0.05, 0) is 37.3 Å². The predicted molar refractivity (Wildman–Crippen MR) is 61.7 cm³/mol. The molecule has 0 aliphatic heterocycles. The fourth-order valence-electron chi connectivity index (χ4n) is 2.42. The van der Waals surface area contributed by atoms with Crippen LogP contribution in [0.15, 0.2) is 12.3 Å². The molecule has 0 unspecified atom stereocenters. The van der Waals surface area contributed by atoms with Gasteiger partial charge in [0.1, 0.15) is 0 Å². The molecule has 1 aliphatic carbocycles. The van der Waals surface area contributed by atoms with Crippen molar-refractivity contribution < 1.29 is 0 Å². The maximum absolute atomic E-state index is 4.47. The second kappa shape index (κ2) is 4.35. The zero-order valence-electron chi connectivity index (χ0n) is 9.79. The molecule has 1 heterocycles. The van der Waals surface area contributed by atoms with E-state index in [0.717, 1.165) is 19.5 Å². The first kappa shape index (κ1) is 10.7. The lowest BCUT2D eigenvalue weighted by molar-refractivity contribution is 0.129. The van der Waals surface area contributed by atoms with Gasteiger partial charge in [-0.2, -0.15) is 5.10 Å². The van der Waals surface area contributed by atoms with Gasteiger partial charge in [0, 0.05) is 19.8 Å². The van der Waals surface area contributed by atoms with Gasteiger partial charge in [-0.15, -0.1) is 0 Å². The van der Waals surface area contributed by atoms with Crippen LogP contribution in [0.1, 0.15) is 31.9 Å². The third kappa shape index (κ3) is 2.40. The van der Waals surface area contributed by atoms with E-state index in [4.69, 9.17) is 0 Å². The summed E-state index contributed by atoms with van der Waals surface area (Å²) in [5, 5.41) is 7.96. The summed E-state index contributed by atoms with van der Waals surface area (Å²) >= 11 is 0. The van der Waals surface area contributed by atoms with Crippen LogP contribution in [0.2, 0.25) is 0 Å². The molecule has 3 nitrogen and oxygen atoms in total. The van der Waals surface area contributed by atoms with Crippen molar-refractivity contribution in [1.29, 1.82) is 0 Å². The third-order valence-electron chi connectivity index (χ3n) is 3.49. The molecule has 1 saturated carbocycles. The Morgan fingerprint density at radius 3 is 2.80 bits per heavy atom. The molecule has 0 atom stereocenters. The van der Waals surface area contributed by atoms with Gasteiger partial charge in [0.05, 0.1) is 5.69 Å². The summed E-state index contributed by atoms with van der Waals surface area (Å²) in [6.07, 6.45) is 7.28. The average molecular weight is 207 g/mol. The Labute approximate surface area is 91.9 Å². The lowest BCUT2D eigenvalue weighted by atomic mass is 9.66. The number of nitrogens with one attached hydrogen (secondary N) is 1. The quantitative estimate of drug-likeness (QED) is 0.797. The minimum Gasteiger partial charge on any atom is -0.316 e. The van der Waals surface area contributed by atoms with Crippen LogP contribution in [-0.2, 0) is 13.5 Å². The summed E-state index contributed by atoms with van der Waals surface area (Å²) in [5.41, 5.74) is 1.75. The molecule has 0 spiro atoms. The minimum atomic E-state index is 0.504. The van der Waals surface area contributed by atoms with Crippen LogP contribution >= 0.6 is 0 Å². The van der Waals surface area contributed by atoms with Crippen molar-refractivity contribution in [2.24, 2.45) is 12.5 Å². The molecule has 1 N–H and O–H groups in total. The first-order valence-electron chi connectivity index (χ1n) is 5.93. The van der Waals surface area contributed by atoms with Crippen LogP contribution in [0.3, 0.4) is 0 Å². The zero-order chi connectivity index (χ0) is 10.7. The summed E-state index contributed by atoms with van der Waals surface area (Å²) in [6, 6.07) is 2.14. The number of aryl methyl sites for hydroxylation is 1. The largest absolute Gasteiger partial charge is 0.316 e. The lowest BCUT2D eigenvalue weighted by Gasteiger charge is -2.42. The second-order valence-electron chi connectivity index (χ2n) is 4.79. The Balaban J connectivity index is 1.95. The number of aromatic nitrogens is 2. The van der Waals surface area contributed by atoms with Gasteiger partial charge in [0.25, 0.3) is 0 Å². The molecule has 84 valence electrons. The van der Waals surface area contributed by atoms with Crippen molar-refractivity contribution in [3.05, 3.63) is 18.0 Å². The number of hydrogen-bond donors (Lipinski definition) is 1. The Bertz CT molecular complexity index is 312.